The summed E-state index contributed by atoms with van der Waals surface area (Å²) in [6, 6.07) is 0. The molecule has 0 atom stereocenters. The van der Waals surface area contributed by atoms with Gasteiger partial charge in [-0.25, -0.2) is 18.1 Å². The van der Waals surface area contributed by atoms with Crippen molar-refractivity contribution in [3.63, 3.8) is 0 Å². The molecule has 19 heavy (non-hydrogen) atoms. The highest BCUT2D eigenvalue weighted by molar-refractivity contribution is 9.09. The molecule has 0 aliphatic heterocycles. The predicted molar refractivity (Wildman–Crippen MR) is 80.0 cm³/mol. The number of rotatable bonds is 7. The van der Waals surface area contributed by atoms with Crippen LogP contribution in [0, 0.1) is 12.3 Å². The third-order valence-electron chi connectivity index (χ3n) is 2.80. The van der Waals surface area contributed by atoms with Crippen LogP contribution in [0.25, 0.3) is 0 Å². The van der Waals surface area contributed by atoms with Crippen LogP contribution >= 0.6 is 15.9 Å². The summed E-state index contributed by atoms with van der Waals surface area (Å²) < 4.78 is 28.8. The second-order valence-corrected chi connectivity index (χ2v) is 7.72. The van der Waals surface area contributed by atoms with E-state index in [0.29, 0.717) is 6.54 Å². The number of aryl methyl sites for hydroxylation is 2. The molecule has 0 saturated heterocycles. The number of halogens is 1. The van der Waals surface area contributed by atoms with Crippen LogP contribution in [0.5, 0.6) is 0 Å². The molecule has 0 aliphatic carbocycles. The molecule has 0 aliphatic rings. The molecular weight excluding hydrogens is 330 g/mol. The SMILES string of the molecule is CCCn1cc(S(=O)(=O)NCC(C)(C)CBr)nc1C. The van der Waals surface area contributed by atoms with Gasteiger partial charge in [0.1, 0.15) is 5.82 Å². The van der Waals surface area contributed by atoms with Gasteiger partial charge in [-0.15, -0.1) is 0 Å². The zero-order valence-electron chi connectivity index (χ0n) is 11.9. The Balaban J connectivity index is 2.86. The lowest BCUT2D eigenvalue weighted by Gasteiger charge is -2.21. The molecule has 0 unspecified atom stereocenters. The first-order valence-corrected chi connectivity index (χ1v) is 8.92. The highest BCUT2D eigenvalue weighted by atomic mass is 79.9. The van der Waals surface area contributed by atoms with Gasteiger partial charge in [-0.2, -0.15) is 0 Å². The Hall–Kier alpha value is -0.400. The summed E-state index contributed by atoms with van der Waals surface area (Å²) in [7, 11) is -3.53. The lowest BCUT2D eigenvalue weighted by Crippen LogP contribution is -2.35. The molecule has 5 nitrogen and oxygen atoms in total. The number of sulfonamides is 1. The lowest BCUT2D eigenvalue weighted by molar-refractivity contribution is 0.419. The molecule has 1 heterocycles. The highest BCUT2D eigenvalue weighted by Crippen LogP contribution is 2.18. The first-order valence-electron chi connectivity index (χ1n) is 6.31. The van der Waals surface area contributed by atoms with Gasteiger partial charge in [0.25, 0.3) is 10.0 Å². The van der Waals surface area contributed by atoms with E-state index in [1.165, 1.54) is 0 Å². The van der Waals surface area contributed by atoms with Gasteiger partial charge < -0.3 is 4.57 Å². The molecule has 0 radical (unpaired) electrons. The minimum absolute atomic E-state index is 0.101. The van der Waals surface area contributed by atoms with Crippen LogP contribution < -0.4 is 4.72 Å². The topological polar surface area (TPSA) is 64.0 Å². The Morgan fingerprint density at radius 1 is 1.47 bits per heavy atom. The highest BCUT2D eigenvalue weighted by Gasteiger charge is 2.23. The number of aromatic nitrogens is 2. The van der Waals surface area contributed by atoms with Crippen molar-refractivity contribution >= 4 is 26.0 Å². The van der Waals surface area contributed by atoms with Crippen molar-refractivity contribution in [2.45, 2.75) is 45.7 Å². The van der Waals surface area contributed by atoms with Crippen LogP contribution in [0.2, 0.25) is 0 Å². The minimum atomic E-state index is -3.53. The van der Waals surface area contributed by atoms with Crippen LogP contribution in [0.1, 0.15) is 33.0 Å². The first kappa shape index (κ1) is 16.7. The molecule has 110 valence electrons. The molecule has 0 spiro atoms. The summed E-state index contributed by atoms with van der Waals surface area (Å²) in [4.78, 5) is 4.13. The van der Waals surface area contributed by atoms with Crippen molar-refractivity contribution < 1.29 is 8.42 Å². The molecule has 1 N–H and O–H groups in total. The Morgan fingerprint density at radius 3 is 2.63 bits per heavy atom. The van der Waals surface area contributed by atoms with E-state index >= 15 is 0 Å². The summed E-state index contributed by atoms with van der Waals surface area (Å²) in [5, 5.41) is 0.829. The Labute approximate surface area is 124 Å². The Morgan fingerprint density at radius 2 is 2.11 bits per heavy atom. The van der Waals surface area contributed by atoms with Crippen molar-refractivity contribution in [1.82, 2.24) is 14.3 Å². The summed E-state index contributed by atoms with van der Waals surface area (Å²) in [5.74, 6) is 0.724. The third-order valence-corrected chi connectivity index (χ3v) is 5.59. The van der Waals surface area contributed by atoms with Crippen molar-refractivity contribution in [2.24, 2.45) is 5.41 Å². The van der Waals surface area contributed by atoms with Gasteiger partial charge in [0.15, 0.2) is 5.03 Å². The van der Waals surface area contributed by atoms with E-state index in [9.17, 15) is 8.42 Å². The average Bonchev–Trinajstić information content (AvgIpc) is 2.70. The standard InChI is InChI=1S/C12H22BrN3O2S/c1-5-6-16-7-11(15-10(16)2)19(17,18)14-9-12(3,4)8-13/h7,14H,5-6,8-9H2,1-4H3. The van der Waals surface area contributed by atoms with Crippen LogP contribution in [0.4, 0.5) is 0 Å². The lowest BCUT2D eigenvalue weighted by atomic mass is 9.98. The molecule has 0 saturated carbocycles. The second-order valence-electron chi connectivity index (χ2n) is 5.44. The summed E-state index contributed by atoms with van der Waals surface area (Å²) in [5.41, 5.74) is -0.131. The first-order chi connectivity index (χ1) is 8.72. The van der Waals surface area contributed by atoms with Gasteiger partial charge in [0.2, 0.25) is 0 Å². The number of hydrogen-bond donors (Lipinski definition) is 1. The van der Waals surface area contributed by atoms with Gasteiger partial charge in [-0.05, 0) is 18.8 Å². The van der Waals surface area contributed by atoms with Crippen molar-refractivity contribution in [1.29, 1.82) is 0 Å². The maximum atomic E-state index is 12.2. The monoisotopic (exact) mass is 351 g/mol. The van der Waals surface area contributed by atoms with E-state index in [0.717, 1.165) is 24.1 Å². The number of alkyl halides is 1. The molecule has 1 rings (SSSR count). The Kier molecular flexibility index (Phi) is 5.58. The van der Waals surface area contributed by atoms with E-state index in [1.54, 1.807) is 6.20 Å². The Bertz CT molecular complexity index is 523. The molecule has 0 bridgehead atoms. The van der Waals surface area contributed by atoms with E-state index in [-0.39, 0.29) is 10.4 Å². The summed E-state index contributed by atoms with van der Waals surface area (Å²) in [6.45, 7) is 9.00. The average molecular weight is 352 g/mol. The number of imidazole rings is 1. The van der Waals surface area contributed by atoms with E-state index in [4.69, 9.17) is 0 Å². The molecule has 0 fully saturated rings. The van der Waals surface area contributed by atoms with Crippen LogP contribution in [-0.2, 0) is 16.6 Å². The number of nitrogens with one attached hydrogen (secondary N) is 1. The fourth-order valence-corrected chi connectivity index (χ4v) is 2.93. The van der Waals surface area contributed by atoms with E-state index in [1.807, 2.05) is 32.3 Å². The number of hydrogen-bond acceptors (Lipinski definition) is 3. The largest absolute Gasteiger partial charge is 0.334 e. The van der Waals surface area contributed by atoms with Crippen LogP contribution in [0.3, 0.4) is 0 Å². The van der Waals surface area contributed by atoms with Crippen LogP contribution in [0.15, 0.2) is 11.2 Å². The van der Waals surface area contributed by atoms with Gasteiger partial charge in [-0.1, -0.05) is 36.7 Å². The zero-order chi connectivity index (χ0) is 14.7. The fraction of sp³-hybridized carbons (Fsp3) is 0.750. The van der Waals surface area contributed by atoms with E-state index < -0.39 is 10.0 Å². The van der Waals surface area contributed by atoms with Crippen molar-refractivity contribution in [2.75, 3.05) is 11.9 Å². The predicted octanol–water partition coefficient (Wildman–Crippen LogP) is 2.30. The van der Waals surface area contributed by atoms with Crippen LogP contribution in [-0.4, -0.2) is 29.8 Å². The molecule has 0 amide bonds. The smallest absolute Gasteiger partial charge is 0.259 e. The van der Waals surface area contributed by atoms with Gasteiger partial charge in [0, 0.05) is 24.6 Å². The van der Waals surface area contributed by atoms with Gasteiger partial charge >= 0.3 is 0 Å². The molecule has 1 aromatic heterocycles. The second kappa shape index (κ2) is 6.37. The van der Waals surface area contributed by atoms with Crippen molar-refractivity contribution in [3.05, 3.63) is 12.0 Å². The van der Waals surface area contributed by atoms with E-state index in [2.05, 4.69) is 25.6 Å². The maximum Gasteiger partial charge on any atom is 0.259 e. The zero-order valence-corrected chi connectivity index (χ0v) is 14.3. The minimum Gasteiger partial charge on any atom is -0.334 e. The third kappa shape index (κ3) is 4.57. The molecular formula is C12H22BrN3O2S. The van der Waals surface area contributed by atoms with Gasteiger partial charge in [0.05, 0.1) is 0 Å². The maximum absolute atomic E-state index is 12.2. The normalized spacial score (nSPS) is 12.9. The summed E-state index contributed by atoms with van der Waals surface area (Å²) in [6.07, 6.45) is 2.54. The quantitative estimate of drug-likeness (QED) is 0.766. The summed E-state index contributed by atoms with van der Waals surface area (Å²) >= 11 is 3.38. The molecule has 1 aromatic rings. The molecule has 7 heteroatoms. The van der Waals surface area contributed by atoms with Crippen molar-refractivity contribution in [3.8, 4) is 0 Å². The van der Waals surface area contributed by atoms with Gasteiger partial charge in [-0.3, -0.25) is 0 Å². The number of nitrogens with zero attached hydrogens (tertiary/aromatic N) is 2. The fourth-order valence-electron chi connectivity index (χ4n) is 1.49. The molecule has 0 aromatic carbocycles.